The lowest BCUT2D eigenvalue weighted by atomic mass is 9.84. The van der Waals surface area contributed by atoms with Crippen LogP contribution < -0.4 is 5.32 Å². The lowest BCUT2D eigenvalue weighted by molar-refractivity contribution is -0.144. The van der Waals surface area contributed by atoms with Crippen LogP contribution in [0.15, 0.2) is 16.5 Å². The van der Waals surface area contributed by atoms with Crippen LogP contribution >= 0.6 is 0 Å². The standard InChI is InChI=1S/C15H21NO3/c1-8-3-6-12(19-8)9(2)16-14-11-5-4-10(7-11)13(14)15(17)18/h3,6,9-11,13-14,16H,4-5,7H2,1-2H3,(H,17,18). The first-order chi connectivity index (χ1) is 9.06. The van der Waals surface area contributed by atoms with Crippen LogP contribution in [0.3, 0.4) is 0 Å². The van der Waals surface area contributed by atoms with Gasteiger partial charge in [0.1, 0.15) is 11.5 Å². The number of carboxylic acid groups (broad SMARTS) is 1. The van der Waals surface area contributed by atoms with Gasteiger partial charge in [0, 0.05) is 6.04 Å². The molecular formula is C15H21NO3. The lowest BCUT2D eigenvalue weighted by Gasteiger charge is -2.31. The summed E-state index contributed by atoms with van der Waals surface area (Å²) in [6, 6.07) is 4.08. The van der Waals surface area contributed by atoms with Crippen LogP contribution in [0.1, 0.15) is 43.7 Å². The normalized spacial score (nSPS) is 34.6. The maximum atomic E-state index is 11.5. The third-order valence-electron chi connectivity index (χ3n) is 4.83. The van der Waals surface area contributed by atoms with Crippen molar-refractivity contribution in [1.82, 2.24) is 5.32 Å². The Kier molecular flexibility index (Phi) is 3.13. The quantitative estimate of drug-likeness (QED) is 0.876. The summed E-state index contributed by atoms with van der Waals surface area (Å²) < 4.78 is 5.62. The van der Waals surface area contributed by atoms with Crippen LogP contribution in [0.5, 0.6) is 0 Å². The Morgan fingerprint density at radius 3 is 2.79 bits per heavy atom. The molecule has 1 heterocycles. The van der Waals surface area contributed by atoms with Crippen molar-refractivity contribution in [3.05, 3.63) is 23.7 Å². The molecule has 0 amide bonds. The summed E-state index contributed by atoms with van der Waals surface area (Å²) in [6.45, 7) is 3.97. The van der Waals surface area contributed by atoms with E-state index in [1.807, 2.05) is 26.0 Å². The molecule has 0 aromatic carbocycles. The molecule has 2 saturated carbocycles. The number of furan rings is 1. The van der Waals surface area contributed by atoms with Gasteiger partial charge in [-0.2, -0.15) is 0 Å². The highest BCUT2D eigenvalue weighted by Crippen LogP contribution is 2.49. The first-order valence-electron chi connectivity index (χ1n) is 7.11. The van der Waals surface area contributed by atoms with E-state index < -0.39 is 5.97 Å². The minimum Gasteiger partial charge on any atom is -0.481 e. The van der Waals surface area contributed by atoms with Crippen molar-refractivity contribution < 1.29 is 14.3 Å². The van der Waals surface area contributed by atoms with Gasteiger partial charge >= 0.3 is 5.97 Å². The average molecular weight is 263 g/mol. The predicted molar refractivity (Wildman–Crippen MR) is 70.7 cm³/mol. The van der Waals surface area contributed by atoms with Gasteiger partial charge in [0.15, 0.2) is 0 Å². The minimum atomic E-state index is -0.646. The Hall–Kier alpha value is -1.29. The van der Waals surface area contributed by atoms with E-state index >= 15 is 0 Å². The van der Waals surface area contributed by atoms with Gasteiger partial charge in [-0.05, 0) is 57.1 Å². The molecule has 2 aliphatic carbocycles. The first-order valence-corrected chi connectivity index (χ1v) is 7.11. The first kappa shape index (κ1) is 12.7. The summed E-state index contributed by atoms with van der Waals surface area (Å²) in [5.74, 6) is 1.80. The lowest BCUT2D eigenvalue weighted by Crippen LogP contribution is -2.45. The molecular weight excluding hydrogens is 242 g/mol. The van der Waals surface area contributed by atoms with Gasteiger partial charge in [-0.3, -0.25) is 4.79 Å². The van der Waals surface area contributed by atoms with E-state index in [0.29, 0.717) is 11.8 Å². The van der Waals surface area contributed by atoms with E-state index in [9.17, 15) is 9.90 Å². The fourth-order valence-electron chi connectivity index (χ4n) is 3.94. The van der Waals surface area contributed by atoms with Crippen molar-refractivity contribution >= 4 is 5.97 Å². The number of hydrogen-bond acceptors (Lipinski definition) is 3. The van der Waals surface area contributed by atoms with Crippen LogP contribution in [0.25, 0.3) is 0 Å². The van der Waals surface area contributed by atoms with Crippen molar-refractivity contribution in [2.24, 2.45) is 17.8 Å². The van der Waals surface area contributed by atoms with Crippen molar-refractivity contribution in [2.75, 3.05) is 0 Å². The van der Waals surface area contributed by atoms with E-state index in [1.165, 1.54) is 0 Å². The molecule has 5 unspecified atom stereocenters. The number of nitrogens with one attached hydrogen (secondary N) is 1. The molecule has 0 aliphatic heterocycles. The monoisotopic (exact) mass is 263 g/mol. The van der Waals surface area contributed by atoms with E-state index in [1.54, 1.807) is 0 Å². The van der Waals surface area contributed by atoms with Gasteiger partial charge in [-0.15, -0.1) is 0 Å². The molecule has 0 spiro atoms. The predicted octanol–water partition coefficient (Wildman–Crippen LogP) is 2.74. The van der Waals surface area contributed by atoms with Gasteiger partial charge in [-0.1, -0.05) is 0 Å². The molecule has 0 saturated heterocycles. The minimum absolute atomic E-state index is 0.0694. The Balaban J connectivity index is 1.73. The van der Waals surface area contributed by atoms with E-state index in [2.05, 4.69) is 5.32 Å². The summed E-state index contributed by atoms with van der Waals surface area (Å²) in [5.41, 5.74) is 0. The summed E-state index contributed by atoms with van der Waals surface area (Å²) >= 11 is 0. The van der Waals surface area contributed by atoms with Crippen LogP contribution in [0.2, 0.25) is 0 Å². The maximum Gasteiger partial charge on any atom is 0.308 e. The topological polar surface area (TPSA) is 62.5 Å². The summed E-state index contributed by atoms with van der Waals surface area (Å²) in [7, 11) is 0. The second kappa shape index (κ2) is 4.67. The van der Waals surface area contributed by atoms with Gasteiger partial charge in [0.25, 0.3) is 0 Å². The van der Waals surface area contributed by atoms with Gasteiger partial charge < -0.3 is 14.8 Å². The van der Waals surface area contributed by atoms with E-state index in [4.69, 9.17) is 4.42 Å². The zero-order chi connectivity index (χ0) is 13.6. The molecule has 5 atom stereocenters. The number of rotatable bonds is 4. The van der Waals surface area contributed by atoms with Crippen LogP contribution in [-0.4, -0.2) is 17.1 Å². The largest absolute Gasteiger partial charge is 0.481 e. The zero-order valence-electron chi connectivity index (χ0n) is 11.4. The third kappa shape index (κ3) is 2.18. The molecule has 4 heteroatoms. The molecule has 19 heavy (non-hydrogen) atoms. The van der Waals surface area contributed by atoms with E-state index in [0.717, 1.165) is 30.8 Å². The fourth-order valence-corrected chi connectivity index (χ4v) is 3.94. The highest BCUT2D eigenvalue weighted by molar-refractivity contribution is 5.72. The fraction of sp³-hybridized carbons (Fsp3) is 0.667. The second-order valence-corrected chi connectivity index (χ2v) is 6.06. The average Bonchev–Trinajstić information content (AvgIpc) is 3.03. The molecule has 104 valence electrons. The summed E-state index contributed by atoms with van der Waals surface area (Å²) in [5, 5.41) is 12.9. The SMILES string of the molecule is Cc1ccc(C(C)NC2C3CCC(C3)C2C(=O)O)o1. The van der Waals surface area contributed by atoms with Gasteiger partial charge in [0.2, 0.25) is 0 Å². The van der Waals surface area contributed by atoms with Gasteiger partial charge in [-0.25, -0.2) is 0 Å². The van der Waals surface area contributed by atoms with Gasteiger partial charge in [0.05, 0.1) is 12.0 Å². The van der Waals surface area contributed by atoms with Crippen LogP contribution in [-0.2, 0) is 4.79 Å². The Labute approximate surface area is 113 Å². The van der Waals surface area contributed by atoms with Crippen LogP contribution in [0, 0.1) is 24.7 Å². The molecule has 1 aromatic heterocycles. The number of carboxylic acids is 1. The highest BCUT2D eigenvalue weighted by Gasteiger charge is 2.51. The number of carbonyl (C=O) groups is 1. The zero-order valence-corrected chi connectivity index (χ0v) is 11.4. The Morgan fingerprint density at radius 1 is 1.42 bits per heavy atom. The molecule has 0 radical (unpaired) electrons. The Bertz CT molecular complexity index is 481. The third-order valence-corrected chi connectivity index (χ3v) is 4.83. The van der Waals surface area contributed by atoms with E-state index in [-0.39, 0.29) is 18.0 Å². The number of aliphatic carboxylic acids is 1. The number of aryl methyl sites for hydroxylation is 1. The Morgan fingerprint density at radius 2 is 2.16 bits per heavy atom. The summed E-state index contributed by atoms with van der Waals surface area (Å²) in [4.78, 5) is 11.5. The molecule has 1 aromatic rings. The van der Waals surface area contributed by atoms with Crippen molar-refractivity contribution in [1.29, 1.82) is 0 Å². The van der Waals surface area contributed by atoms with Crippen molar-refractivity contribution in [3.8, 4) is 0 Å². The molecule has 2 fully saturated rings. The highest BCUT2D eigenvalue weighted by atomic mass is 16.4. The van der Waals surface area contributed by atoms with Crippen LogP contribution in [0.4, 0.5) is 0 Å². The molecule has 2 bridgehead atoms. The number of hydrogen-bond donors (Lipinski definition) is 2. The molecule has 2 N–H and O–H groups in total. The molecule has 3 rings (SSSR count). The maximum absolute atomic E-state index is 11.5. The summed E-state index contributed by atoms with van der Waals surface area (Å²) in [6.07, 6.45) is 3.31. The molecule has 4 nitrogen and oxygen atoms in total. The van der Waals surface area contributed by atoms with Crippen molar-refractivity contribution in [2.45, 2.75) is 45.2 Å². The second-order valence-electron chi connectivity index (χ2n) is 6.06. The van der Waals surface area contributed by atoms with Crippen molar-refractivity contribution in [3.63, 3.8) is 0 Å². The molecule has 2 aliphatic rings. The number of fused-ring (bicyclic) bond motifs is 2. The smallest absolute Gasteiger partial charge is 0.308 e.